The lowest BCUT2D eigenvalue weighted by Gasteiger charge is -2.05. The Bertz CT molecular complexity index is 645. The molecule has 1 heterocycles. The van der Waals surface area contributed by atoms with E-state index in [0.717, 1.165) is 11.1 Å². The van der Waals surface area contributed by atoms with Crippen LogP contribution in [-0.4, -0.2) is 24.0 Å². The summed E-state index contributed by atoms with van der Waals surface area (Å²) in [5, 5.41) is 4.08. The summed E-state index contributed by atoms with van der Waals surface area (Å²) in [6, 6.07) is 6.69. The van der Waals surface area contributed by atoms with E-state index in [1.807, 2.05) is 13.1 Å². The largest absolute Gasteiger partial charge is 0.326 e. The molecule has 6 heteroatoms. The number of aryl methyl sites for hydroxylation is 2. The smallest absolute Gasteiger partial charge is 0.180 e. The Morgan fingerprint density at radius 3 is 2.47 bits per heavy atom. The second kappa shape index (κ2) is 5.54. The van der Waals surface area contributed by atoms with Crippen molar-refractivity contribution in [1.29, 1.82) is 0 Å². The number of aromatic nitrogens is 2. The predicted molar refractivity (Wildman–Crippen MR) is 73.4 cm³/mol. The van der Waals surface area contributed by atoms with Crippen molar-refractivity contribution in [3.63, 3.8) is 0 Å². The van der Waals surface area contributed by atoms with Gasteiger partial charge in [0.1, 0.15) is 0 Å². The molecule has 0 saturated carbocycles. The summed E-state index contributed by atoms with van der Waals surface area (Å²) in [5.74, 6) is 0.0378. The molecule has 0 aliphatic rings. The van der Waals surface area contributed by atoms with Crippen LogP contribution in [0.5, 0.6) is 0 Å². The third-order valence-corrected chi connectivity index (χ3v) is 4.58. The highest BCUT2D eigenvalue weighted by atomic mass is 32.2. The fourth-order valence-corrected chi connectivity index (χ4v) is 2.97. The van der Waals surface area contributed by atoms with E-state index in [4.69, 9.17) is 5.73 Å². The molecular formula is C13H17N3O2S. The molecule has 2 aromatic rings. The average molecular weight is 279 g/mol. The Kier molecular flexibility index (Phi) is 4.01. The summed E-state index contributed by atoms with van der Waals surface area (Å²) >= 11 is 0. The summed E-state index contributed by atoms with van der Waals surface area (Å²) in [6.45, 7) is 2.69. The van der Waals surface area contributed by atoms with Crippen LogP contribution in [0.15, 0.2) is 41.6 Å². The van der Waals surface area contributed by atoms with Gasteiger partial charge in [-0.05, 0) is 30.2 Å². The van der Waals surface area contributed by atoms with Gasteiger partial charge in [0.05, 0.1) is 23.4 Å². The molecule has 0 unspecified atom stereocenters. The minimum atomic E-state index is -3.28. The maximum absolute atomic E-state index is 12.1. The maximum atomic E-state index is 12.1. The molecule has 0 amide bonds. The van der Waals surface area contributed by atoms with E-state index in [-0.39, 0.29) is 5.75 Å². The third-order valence-electron chi connectivity index (χ3n) is 2.87. The van der Waals surface area contributed by atoms with Crippen molar-refractivity contribution in [2.45, 2.75) is 24.9 Å². The van der Waals surface area contributed by atoms with Crippen molar-refractivity contribution < 1.29 is 8.42 Å². The van der Waals surface area contributed by atoms with Crippen molar-refractivity contribution in [1.82, 2.24) is 9.78 Å². The molecule has 5 nitrogen and oxygen atoms in total. The van der Waals surface area contributed by atoms with E-state index in [1.54, 1.807) is 35.1 Å². The van der Waals surface area contributed by atoms with Crippen LogP contribution in [0.1, 0.15) is 11.1 Å². The van der Waals surface area contributed by atoms with Crippen molar-refractivity contribution in [3.05, 3.63) is 47.8 Å². The van der Waals surface area contributed by atoms with Gasteiger partial charge in [0.2, 0.25) is 0 Å². The van der Waals surface area contributed by atoms with E-state index in [9.17, 15) is 8.42 Å². The number of nitrogens with zero attached hydrogens (tertiary/aromatic N) is 2. The zero-order valence-corrected chi connectivity index (χ0v) is 11.6. The van der Waals surface area contributed by atoms with Crippen LogP contribution in [0, 0.1) is 6.92 Å². The molecule has 0 aliphatic heterocycles. The van der Waals surface area contributed by atoms with E-state index >= 15 is 0 Å². The Morgan fingerprint density at radius 2 is 1.95 bits per heavy atom. The number of hydrogen-bond acceptors (Lipinski definition) is 4. The van der Waals surface area contributed by atoms with Gasteiger partial charge in [0.15, 0.2) is 9.84 Å². The van der Waals surface area contributed by atoms with E-state index < -0.39 is 9.84 Å². The van der Waals surface area contributed by atoms with Gasteiger partial charge in [-0.3, -0.25) is 4.68 Å². The topological polar surface area (TPSA) is 78.0 Å². The fourth-order valence-electron chi connectivity index (χ4n) is 1.75. The van der Waals surface area contributed by atoms with Gasteiger partial charge >= 0.3 is 0 Å². The van der Waals surface area contributed by atoms with Gasteiger partial charge < -0.3 is 5.73 Å². The van der Waals surface area contributed by atoms with Gasteiger partial charge in [-0.2, -0.15) is 5.10 Å². The first-order valence-corrected chi connectivity index (χ1v) is 7.67. The first kappa shape index (κ1) is 13.8. The number of sulfone groups is 1. The van der Waals surface area contributed by atoms with Gasteiger partial charge in [0.25, 0.3) is 0 Å². The molecule has 0 atom stereocenters. The SMILES string of the molecule is Cc1cnn(CCS(=O)(=O)c2ccc(CN)cc2)c1. The van der Waals surface area contributed by atoms with Crippen molar-refractivity contribution in [3.8, 4) is 0 Å². The first-order chi connectivity index (χ1) is 9.01. The molecule has 19 heavy (non-hydrogen) atoms. The number of benzene rings is 1. The molecule has 1 aromatic carbocycles. The van der Waals surface area contributed by atoms with Crippen LogP contribution in [0.3, 0.4) is 0 Å². The monoisotopic (exact) mass is 279 g/mol. The minimum absolute atomic E-state index is 0.0378. The minimum Gasteiger partial charge on any atom is -0.326 e. The Hall–Kier alpha value is -1.66. The molecule has 0 radical (unpaired) electrons. The molecule has 2 N–H and O–H groups in total. The van der Waals surface area contributed by atoms with Gasteiger partial charge in [0, 0.05) is 12.7 Å². The highest BCUT2D eigenvalue weighted by molar-refractivity contribution is 7.91. The molecule has 2 rings (SSSR count). The quantitative estimate of drug-likeness (QED) is 0.889. The predicted octanol–water partition coefficient (Wildman–Crippen LogP) is 1.12. The van der Waals surface area contributed by atoms with Crippen LogP contribution < -0.4 is 5.73 Å². The van der Waals surface area contributed by atoms with E-state index in [1.165, 1.54) is 0 Å². The lowest BCUT2D eigenvalue weighted by Crippen LogP contribution is -2.13. The lowest BCUT2D eigenvalue weighted by atomic mass is 10.2. The van der Waals surface area contributed by atoms with Gasteiger partial charge in [-0.1, -0.05) is 12.1 Å². The summed E-state index contributed by atoms with van der Waals surface area (Å²) in [4.78, 5) is 0.327. The van der Waals surface area contributed by atoms with Gasteiger partial charge in [-0.25, -0.2) is 8.42 Å². The molecule has 102 valence electrons. The molecule has 0 fully saturated rings. The van der Waals surface area contributed by atoms with E-state index in [0.29, 0.717) is 18.0 Å². The number of rotatable bonds is 5. The molecule has 1 aromatic heterocycles. The van der Waals surface area contributed by atoms with Crippen molar-refractivity contribution in [2.24, 2.45) is 5.73 Å². The van der Waals surface area contributed by atoms with Crippen LogP contribution in [-0.2, 0) is 22.9 Å². The van der Waals surface area contributed by atoms with Gasteiger partial charge in [-0.15, -0.1) is 0 Å². The average Bonchev–Trinajstić information content (AvgIpc) is 2.82. The Morgan fingerprint density at radius 1 is 1.26 bits per heavy atom. The summed E-state index contributed by atoms with van der Waals surface area (Å²) in [6.07, 6.45) is 3.54. The first-order valence-electron chi connectivity index (χ1n) is 6.02. The molecule has 0 bridgehead atoms. The standard InChI is InChI=1S/C13H17N3O2S/c1-11-9-15-16(10-11)6-7-19(17,18)13-4-2-12(8-14)3-5-13/h2-5,9-10H,6-8,14H2,1H3. The zero-order chi connectivity index (χ0) is 13.9. The van der Waals surface area contributed by atoms with Crippen LogP contribution >= 0.6 is 0 Å². The van der Waals surface area contributed by atoms with E-state index in [2.05, 4.69) is 5.10 Å². The Balaban J connectivity index is 2.09. The van der Waals surface area contributed by atoms with Crippen molar-refractivity contribution in [2.75, 3.05) is 5.75 Å². The molecule has 0 aliphatic carbocycles. The summed E-state index contributed by atoms with van der Waals surface area (Å²) < 4.78 is 25.9. The molecular weight excluding hydrogens is 262 g/mol. The zero-order valence-electron chi connectivity index (χ0n) is 10.8. The fraction of sp³-hybridized carbons (Fsp3) is 0.308. The second-order valence-electron chi connectivity index (χ2n) is 4.45. The second-order valence-corrected chi connectivity index (χ2v) is 6.56. The van der Waals surface area contributed by atoms with Crippen molar-refractivity contribution >= 4 is 9.84 Å². The highest BCUT2D eigenvalue weighted by Gasteiger charge is 2.14. The lowest BCUT2D eigenvalue weighted by molar-refractivity contribution is 0.580. The normalized spacial score (nSPS) is 11.7. The number of nitrogens with two attached hydrogens (primary N) is 1. The number of hydrogen-bond donors (Lipinski definition) is 1. The van der Waals surface area contributed by atoms with Crippen LogP contribution in [0.4, 0.5) is 0 Å². The Labute approximate surface area is 113 Å². The molecule has 0 spiro atoms. The summed E-state index contributed by atoms with van der Waals surface area (Å²) in [5.41, 5.74) is 7.42. The highest BCUT2D eigenvalue weighted by Crippen LogP contribution is 2.12. The summed E-state index contributed by atoms with van der Waals surface area (Å²) in [7, 11) is -3.28. The maximum Gasteiger partial charge on any atom is 0.180 e. The van der Waals surface area contributed by atoms with Crippen LogP contribution in [0.2, 0.25) is 0 Å². The third kappa shape index (κ3) is 3.42. The molecule has 0 saturated heterocycles. The van der Waals surface area contributed by atoms with Crippen LogP contribution in [0.25, 0.3) is 0 Å².